The van der Waals surface area contributed by atoms with Gasteiger partial charge in [-0.05, 0) is 12.0 Å². The van der Waals surface area contributed by atoms with E-state index in [-0.39, 0.29) is 0 Å². The molecular weight excluding hydrogens is 254 g/mol. The summed E-state index contributed by atoms with van der Waals surface area (Å²) < 4.78 is 29.7. The van der Waals surface area contributed by atoms with Crippen molar-refractivity contribution in [3.63, 3.8) is 0 Å². The van der Waals surface area contributed by atoms with Gasteiger partial charge in [-0.1, -0.05) is 0 Å². The number of nitrogens with one attached hydrogen (secondary N) is 2. The molecule has 1 aliphatic heterocycles. The zero-order valence-electron chi connectivity index (χ0n) is 10.5. The summed E-state index contributed by atoms with van der Waals surface area (Å²) in [5, 5.41) is 7.17. The molecule has 8 heteroatoms. The Balaban J connectivity index is 1.81. The normalized spacial score (nSPS) is 18.1. The molecule has 0 aromatic carbocycles. The number of rotatable bonds is 5. The minimum Gasteiger partial charge on any atom is -0.314 e. The molecule has 2 N–H and O–H groups in total. The molecule has 0 radical (unpaired) electrons. The van der Waals surface area contributed by atoms with Gasteiger partial charge < -0.3 is 5.32 Å². The second-order valence-electron chi connectivity index (χ2n) is 4.32. The van der Waals surface area contributed by atoms with Crippen LogP contribution in [-0.4, -0.2) is 55.2 Å². The Morgan fingerprint density at radius 3 is 2.78 bits per heavy atom. The smallest absolute Gasteiger partial charge is 0.279 e. The van der Waals surface area contributed by atoms with Crippen molar-refractivity contribution >= 4 is 10.2 Å². The molecule has 1 saturated heterocycles. The Labute approximate surface area is 107 Å². The van der Waals surface area contributed by atoms with Crippen LogP contribution >= 0.6 is 0 Å². The summed E-state index contributed by atoms with van der Waals surface area (Å²) in [4.78, 5) is 0. The van der Waals surface area contributed by atoms with E-state index in [1.54, 1.807) is 10.9 Å². The standard InChI is InChI=1S/C10H19N5O2S/c1-14-9-10(8-12-14)2-3-13-18(16,17)15-6-4-11-5-7-15/h8-9,11,13H,2-7H2,1H3. The van der Waals surface area contributed by atoms with Gasteiger partial charge in [0.15, 0.2) is 0 Å². The highest BCUT2D eigenvalue weighted by atomic mass is 32.2. The third kappa shape index (κ3) is 3.52. The van der Waals surface area contributed by atoms with E-state index in [2.05, 4.69) is 15.1 Å². The van der Waals surface area contributed by atoms with Crippen LogP contribution in [0.25, 0.3) is 0 Å². The molecule has 0 aliphatic carbocycles. The fraction of sp³-hybridized carbons (Fsp3) is 0.700. The summed E-state index contributed by atoms with van der Waals surface area (Å²) >= 11 is 0. The van der Waals surface area contributed by atoms with E-state index in [0.717, 1.165) is 5.56 Å². The summed E-state index contributed by atoms with van der Waals surface area (Å²) in [6.45, 7) is 2.88. The molecule has 0 amide bonds. The van der Waals surface area contributed by atoms with Crippen molar-refractivity contribution in [1.82, 2.24) is 24.1 Å². The van der Waals surface area contributed by atoms with Gasteiger partial charge in [-0.3, -0.25) is 4.68 Å². The maximum atomic E-state index is 11.9. The van der Waals surface area contributed by atoms with Gasteiger partial charge >= 0.3 is 0 Å². The first kappa shape index (κ1) is 13.5. The van der Waals surface area contributed by atoms with E-state index < -0.39 is 10.2 Å². The summed E-state index contributed by atoms with van der Waals surface area (Å²) in [6.07, 6.45) is 4.29. The van der Waals surface area contributed by atoms with Crippen molar-refractivity contribution in [3.8, 4) is 0 Å². The first-order chi connectivity index (χ1) is 8.58. The highest BCUT2D eigenvalue weighted by molar-refractivity contribution is 7.87. The van der Waals surface area contributed by atoms with E-state index in [4.69, 9.17) is 0 Å². The van der Waals surface area contributed by atoms with Gasteiger partial charge in [-0.25, -0.2) is 4.72 Å². The van der Waals surface area contributed by atoms with Crippen LogP contribution in [0.5, 0.6) is 0 Å². The Bertz CT molecular complexity index is 478. The maximum Gasteiger partial charge on any atom is 0.279 e. The number of piperazine rings is 1. The monoisotopic (exact) mass is 273 g/mol. The van der Waals surface area contributed by atoms with Gasteiger partial charge in [0.2, 0.25) is 0 Å². The van der Waals surface area contributed by atoms with Crippen molar-refractivity contribution in [2.75, 3.05) is 32.7 Å². The highest BCUT2D eigenvalue weighted by Crippen LogP contribution is 2.01. The van der Waals surface area contributed by atoms with Crippen LogP contribution in [0.4, 0.5) is 0 Å². The topological polar surface area (TPSA) is 79.3 Å². The van der Waals surface area contributed by atoms with Crippen molar-refractivity contribution in [3.05, 3.63) is 18.0 Å². The molecule has 0 saturated carbocycles. The van der Waals surface area contributed by atoms with Crippen molar-refractivity contribution in [1.29, 1.82) is 0 Å². The van der Waals surface area contributed by atoms with E-state index in [1.165, 1.54) is 4.31 Å². The molecular formula is C10H19N5O2S. The zero-order chi connectivity index (χ0) is 13.0. The third-order valence-electron chi connectivity index (χ3n) is 2.87. The van der Waals surface area contributed by atoms with Crippen LogP contribution in [0.3, 0.4) is 0 Å². The zero-order valence-corrected chi connectivity index (χ0v) is 11.3. The minimum atomic E-state index is -3.33. The highest BCUT2D eigenvalue weighted by Gasteiger charge is 2.22. The van der Waals surface area contributed by atoms with Crippen molar-refractivity contribution in [2.24, 2.45) is 7.05 Å². The molecule has 0 atom stereocenters. The molecule has 2 heterocycles. The predicted octanol–water partition coefficient (Wildman–Crippen LogP) is -1.30. The number of hydrogen-bond acceptors (Lipinski definition) is 4. The first-order valence-corrected chi connectivity index (χ1v) is 7.45. The molecule has 1 aromatic rings. The Hall–Kier alpha value is -0.960. The lowest BCUT2D eigenvalue weighted by Crippen LogP contribution is -2.50. The lowest BCUT2D eigenvalue weighted by Gasteiger charge is -2.26. The third-order valence-corrected chi connectivity index (χ3v) is 4.49. The first-order valence-electron chi connectivity index (χ1n) is 6.01. The fourth-order valence-electron chi connectivity index (χ4n) is 1.90. The number of aromatic nitrogens is 2. The van der Waals surface area contributed by atoms with Gasteiger partial charge in [-0.15, -0.1) is 0 Å². The van der Waals surface area contributed by atoms with Gasteiger partial charge in [0.1, 0.15) is 0 Å². The second kappa shape index (κ2) is 5.79. The Morgan fingerprint density at radius 1 is 1.44 bits per heavy atom. The molecule has 0 spiro atoms. The van der Waals surface area contributed by atoms with Crippen molar-refractivity contribution in [2.45, 2.75) is 6.42 Å². The summed E-state index contributed by atoms with van der Waals surface area (Å²) in [7, 11) is -1.49. The number of hydrogen-bond donors (Lipinski definition) is 2. The molecule has 1 fully saturated rings. The summed E-state index contributed by atoms with van der Waals surface area (Å²) in [5.41, 5.74) is 1.03. The maximum absolute atomic E-state index is 11.9. The molecule has 0 bridgehead atoms. The van der Waals surface area contributed by atoms with Gasteiger partial charge in [0, 0.05) is 46.0 Å². The summed E-state index contributed by atoms with van der Waals surface area (Å²) in [6, 6.07) is 0. The Kier molecular flexibility index (Phi) is 4.33. The quantitative estimate of drug-likeness (QED) is 0.699. The van der Waals surface area contributed by atoms with E-state index in [9.17, 15) is 8.42 Å². The predicted molar refractivity (Wildman–Crippen MR) is 68.3 cm³/mol. The van der Waals surface area contributed by atoms with Gasteiger partial charge in [0.05, 0.1) is 6.20 Å². The average molecular weight is 273 g/mol. The average Bonchev–Trinajstić information content (AvgIpc) is 2.76. The molecule has 0 unspecified atom stereocenters. The lowest BCUT2D eigenvalue weighted by molar-refractivity contribution is 0.355. The number of nitrogens with zero attached hydrogens (tertiary/aromatic N) is 3. The molecule has 18 heavy (non-hydrogen) atoms. The van der Waals surface area contributed by atoms with E-state index >= 15 is 0 Å². The SMILES string of the molecule is Cn1cc(CCNS(=O)(=O)N2CCNCC2)cn1. The second-order valence-corrected chi connectivity index (χ2v) is 6.08. The summed E-state index contributed by atoms with van der Waals surface area (Å²) in [5.74, 6) is 0. The van der Waals surface area contributed by atoms with Crippen molar-refractivity contribution < 1.29 is 8.42 Å². The molecule has 1 aliphatic rings. The Morgan fingerprint density at radius 2 is 2.17 bits per heavy atom. The molecule has 7 nitrogen and oxygen atoms in total. The van der Waals surface area contributed by atoms with Crippen LogP contribution in [0, 0.1) is 0 Å². The van der Waals surface area contributed by atoms with Crippen LogP contribution in [-0.2, 0) is 23.7 Å². The van der Waals surface area contributed by atoms with Gasteiger partial charge in [-0.2, -0.15) is 17.8 Å². The van der Waals surface area contributed by atoms with E-state index in [1.807, 2.05) is 13.2 Å². The molecule has 2 rings (SSSR count). The van der Waals surface area contributed by atoms with Crippen LogP contribution in [0.15, 0.2) is 12.4 Å². The number of aryl methyl sites for hydroxylation is 1. The lowest BCUT2D eigenvalue weighted by atomic mass is 10.3. The molecule has 1 aromatic heterocycles. The minimum absolute atomic E-state index is 0.401. The van der Waals surface area contributed by atoms with E-state index in [0.29, 0.717) is 39.1 Å². The largest absolute Gasteiger partial charge is 0.314 e. The van der Waals surface area contributed by atoms with Crippen LogP contribution < -0.4 is 10.0 Å². The van der Waals surface area contributed by atoms with Gasteiger partial charge in [0.25, 0.3) is 10.2 Å². The fourth-order valence-corrected chi connectivity index (χ4v) is 3.11. The molecule has 102 valence electrons. The van der Waals surface area contributed by atoms with Crippen LogP contribution in [0.2, 0.25) is 0 Å². The van der Waals surface area contributed by atoms with Crippen LogP contribution in [0.1, 0.15) is 5.56 Å².